The average Bonchev–Trinajstić information content (AvgIpc) is 3.53. The highest BCUT2D eigenvalue weighted by Gasteiger charge is 2.34. The van der Waals surface area contributed by atoms with Crippen LogP contribution in [0.5, 0.6) is 6.01 Å². The number of carbonyl (C=O) groups is 2. The fraction of sp³-hybridized carbons (Fsp3) is 0.457. The molecule has 2 saturated heterocycles. The van der Waals surface area contributed by atoms with Crippen LogP contribution in [0, 0.1) is 11.3 Å². The summed E-state index contributed by atoms with van der Waals surface area (Å²) in [5.74, 6) is -0.162. The molecule has 2 atom stereocenters. The highest BCUT2D eigenvalue weighted by molar-refractivity contribution is 6.36. The summed E-state index contributed by atoms with van der Waals surface area (Å²) in [4.78, 5) is 42.1. The number of hydrogen-bond donors (Lipinski definition) is 1. The molecule has 0 bridgehead atoms. The van der Waals surface area contributed by atoms with E-state index < -0.39 is 5.97 Å². The number of carboxylic acids is 1. The molecule has 0 saturated carbocycles. The Labute approximate surface area is 280 Å². The molecule has 12 heteroatoms. The van der Waals surface area contributed by atoms with E-state index in [1.165, 1.54) is 6.08 Å². The molecule has 0 unspecified atom stereocenters. The molecule has 246 valence electrons. The molecule has 4 heterocycles. The number of hydrogen-bond acceptors (Lipinski definition) is 9. The van der Waals surface area contributed by atoms with E-state index in [-0.39, 0.29) is 30.8 Å². The van der Waals surface area contributed by atoms with E-state index >= 15 is 0 Å². The molecule has 1 N–H and O–H groups in total. The third kappa shape index (κ3) is 7.14. The molecule has 0 aliphatic carbocycles. The van der Waals surface area contributed by atoms with Crippen molar-refractivity contribution in [2.45, 2.75) is 57.2 Å². The molecule has 0 radical (unpaired) electrons. The Morgan fingerprint density at radius 2 is 1.94 bits per heavy atom. The zero-order valence-corrected chi connectivity index (χ0v) is 27.2. The molecule has 1 amide bonds. The highest BCUT2D eigenvalue weighted by Crippen LogP contribution is 2.37. The lowest BCUT2D eigenvalue weighted by atomic mass is 10.0. The number of rotatable bonds is 11. The second kappa shape index (κ2) is 14.6. The predicted molar refractivity (Wildman–Crippen MR) is 181 cm³/mol. The van der Waals surface area contributed by atoms with Crippen LogP contribution in [-0.2, 0) is 22.6 Å². The van der Waals surface area contributed by atoms with Crippen molar-refractivity contribution < 1.29 is 19.4 Å². The molecule has 2 aromatic carbocycles. The van der Waals surface area contributed by atoms with Crippen LogP contribution in [0.2, 0.25) is 5.02 Å². The maximum atomic E-state index is 12.6. The van der Waals surface area contributed by atoms with Crippen molar-refractivity contribution in [3.63, 3.8) is 0 Å². The number of nitrogens with zero attached hydrogens (tertiary/aromatic N) is 7. The third-order valence-corrected chi connectivity index (χ3v) is 9.82. The van der Waals surface area contributed by atoms with Gasteiger partial charge in [-0.1, -0.05) is 42.4 Å². The van der Waals surface area contributed by atoms with Gasteiger partial charge in [0.2, 0.25) is 5.91 Å². The molecule has 11 nitrogen and oxygen atoms in total. The fourth-order valence-electron chi connectivity index (χ4n) is 7.18. The third-order valence-electron chi connectivity index (χ3n) is 9.50. The van der Waals surface area contributed by atoms with Crippen molar-refractivity contribution in [1.82, 2.24) is 19.8 Å². The van der Waals surface area contributed by atoms with Crippen molar-refractivity contribution in [1.29, 1.82) is 5.26 Å². The summed E-state index contributed by atoms with van der Waals surface area (Å²) >= 11 is 6.71. The van der Waals surface area contributed by atoms with Crippen LogP contribution >= 0.6 is 11.6 Å². The van der Waals surface area contributed by atoms with Gasteiger partial charge in [-0.3, -0.25) is 14.5 Å². The van der Waals surface area contributed by atoms with E-state index in [4.69, 9.17) is 31.4 Å². The molecule has 3 aliphatic rings. The zero-order chi connectivity index (χ0) is 32.9. The van der Waals surface area contributed by atoms with Crippen molar-refractivity contribution in [2.24, 2.45) is 0 Å². The second-order valence-corrected chi connectivity index (χ2v) is 12.8. The SMILES string of the molecule is C=CC(=O)N1CCN(c2nc(OC[C@@H]3CCCN3CCCC(=O)O)nc3c2CCN(c2cccc4cccc(Cl)c24)C3)C[C@@H]1CC#N. The Morgan fingerprint density at radius 1 is 1.11 bits per heavy atom. The van der Waals surface area contributed by atoms with Gasteiger partial charge in [-0.25, -0.2) is 0 Å². The Morgan fingerprint density at radius 3 is 2.72 bits per heavy atom. The summed E-state index contributed by atoms with van der Waals surface area (Å²) in [6.07, 6.45) is 4.98. The molecule has 6 rings (SSSR count). The summed E-state index contributed by atoms with van der Waals surface area (Å²) < 4.78 is 6.35. The number of halogens is 1. The minimum atomic E-state index is -0.779. The van der Waals surface area contributed by atoms with Gasteiger partial charge in [0.05, 0.1) is 35.8 Å². The predicted octanol–water partition coefficient (Wildman–Crippen LogP) is 4.67. The average molecular weight is 658 g/mol. The molecule has 2 fully saturated rings. The van der Waals surface area contributed by atoms with Crippen LogP contribution in [0.4, 0.5) is 11.5 Å². The molecule has 47 heavy (non-hydrogen) atoms. The maximum Gasteiger partial charge on any atom is 0.318 e. The molecule has 0 spiro atoms. The number of likely N-dealkylation sites (tertiary alicyclic amines) is 1. The van der Waals surface area contributed by atoms with E-state index in [2.05, 4.69) is 45.5 Å². The Hall–Kier alpha value is -4.40. The first-order valence-electron chi connectivity index (χ1n) is 16.3. The molecular weight excluding hydrogens is 618 g/mol. The maximum absolute atomic E-state index is 12.6. The van der Waals surface area contributed by atoms with Gasteiger partial charge in [-0.2, -0.15) is 15.2 Å². The van der Waals surface area contributed by atoms with Gasteiger partial charge in [0.15, 0.2) is 0 Å². The standard InChI is InChI=1S/C35H40ClN7O4/c1-2-31(44)43-20-19-42(21-25(43)13-15-37)34-27-14-18-41(30-11-4-8-24-7-3-10-28(36)33(24)30)22-29(27)38-35(39-34)47-23-26-9-5-16-40(26)17-6-12-32(45)46/h2-4,7-8,10-11,25-26H,1,5-6,9,12-14,16-23H2,(H,45,46)/t25-,26-/m0/s1. The van der Waals surface area contributed by atoms with Crippen LogP contribution in [0.25, 0.3) is 10.8 Å². The van der Waals surface area contributed by atoms with Gasteiger partial charge in [-0.05, 0) is 62.4 Å². The fourth-order valence-corrected chi connectivity index (χ4v) is 7.46. The van der Waals surface area contributed by atoms with Crippen LogP contribution in [0.15, 0.2) is 49.1 Å². The summed E-state index contributed by atoms with van der Waals surface area (Å²) in [7, 11) is 0. The number of amides is 1. The van der Waals surface area contributed by atoms with Gasteiger partial charge in [0.1, 0.15) is 12.4 Å². The van der Waals surface area contributed by atoms with E-state index in [0.717, 1.165) is 59.5 Å². The second-order valence-electron chi connectivity index (χ2n) is 12.4. The number of carbonyl (C=O) groups excluding carboxylic acids is 1. The van der Waals surface area contributed by atoms with Gasteiger partial charge in [-0.15, -0.1) is 0 Å². The number of aromatic nitrogens is 2. The van der Waals surface area contributed by atoms with Gasteiger partial charge >= 0.3 is 12.0 Å². The molecule has 1 aromatic heterocycles. The number of benzene rings is 2. The number of piperazine rings is 1. The van der Waals surface area contributed by atoms with Crippen LogP contribution in [0.1, 0.15) is 43.4 Å². The Balaban J connectivity index is 1.29. The van der Waals surface area contributed by atoms with Crippen LogP contribution in [-0.4, -0.2) is 94.7 Å². The van der Waals surface area contributed by atoms with Gasteiger partial charge in [0.25, 0.3) is 0 Å². The first-order valence-corrected chi connectivity index (χ1v) is 16.7. The lowest BCUT2D eigenvalue weighted by Crippen LogP contribution is -2.55. The van der Waals surface area contributed by atoms with Crippen molar-refractivity contribution in [2.75, 3.05) is 55.7 Å². The monoisotopic (exact) mass is 657 g/mol. The smallest absolute Gasteiger partial charge is 0.318 e. The normalized spacial score (nSPS) is 19.8. The lowest BCUT2D eigenvalue weighted by Gasteiger charge is -2.42. The summed E-state index contributed by atoms with van der Waals surface area (Å²) in [5.41, 5.74) is 2.98. The summed E-state index contributed by atoms with van der Waals surface area (Å²) in [6, 6.07) is 14.6. The minimum absolute atomic E-state index is 0.151. The molecule has 3 aliphatic heterocycles. The van der Waals surface area contributed by atoms with Crippen molar-refractivity contribution >= 4 is 45.8 Å². The van der Waals surface area contributed by atoms with Gasteiger partial charge < -0.3 is 24.5 Å². The van der Waals surface area contributed by atoms with E-state index in [1.54, 1.807) is 4.90 Å². The zero-order valence-electron chi connectivity index (χ0n) is 26.5. The lowest BCUT2D eigenvalue weighted by molar-refractivity contribution is -0.137. The van der Waals surface area contributed by atoms with Crippen molar-refractivity contribution in [3.05, 3.63) is 65.3 Å². The number of aliphatic carboxylic acids is 1. The number of ether oxygens (including phenoxy) is 1. The Kier molecular flexibility index (Phi) is 10.1. The van der Waals surface area contributed by atoms with Crippen LogP contribution < -0.4 is 14.5 Å². The van der Waals surface area contributed by atoms with Crippen LogP contribution in [0.3, 0.4) is 0 Å². The largest absolute Gasteiger partial charge is 0.481 e. The van der Waals surface area contributed by atoms with E-state index in [9.17, 15) is 14.9 Å². The molecule has 3 aromatic rings. The number of fused-ring (bicyclic) bond motifs is 2. The van der Waals surface area contributed by atoms with Gasteiger partial charge in [0, 0.05) is 55.3 Å². The first kappa shape index (κ1) is 32.5. The number of anilines is 2. The summed E-state index contributed by atoms with van der Waals surface area (Å²) in [5, 5.41) is 21.4. The topological polar surface area (TPSA) is 126 Å². The van der Waals surface area contributed by atoms with E-state index in [0.29, 0.717) is 63.2 Å². The molecular formula is C35H40ClN7O4. The highest BCUT2D eigenvalue weighted by atomic mass is 35.5. The van der Waals surface area contributed by atoms with E-state index in [1.807, 2.05) is 18.2 Å². The first-order chi connectivity index (χ1) is 22.9. The quantitative estimate of drug-likeness (QED) is 0.291. The Bertz CT molecular complexity index is 1690. The minimum Gasteiger partial charge on any atom is -0.481 e. The number of nitriles is 1. The summed E-state index contributed by atoms with van der Waals surface area (Å²) in [6.45, 7) is 8.48. The van der Waals surface area contributed by atoms with Crippen molar-refractivity contribution in [3.8, 4) is 12.1 Å². The number of carboxylic acid groups (broad SMARTS) is 1.